The fourth-order valence-electron chi connectivity index (χ4n) is 3.68. The second kappa shape index (κ2) is 11.3. The molecule has 0 heterocycles. The number of unbranched alkanes of at least 4 members (excludes halogenated alkanes) is 3. The van der Waals surface area contributed by atoms with Gasteiger partial charge in [-0.05, 0) is 69.9 Å². The first-order valence-electron chi connectivity index (χ1n) is 9.63. The van der Waals surface area contributed by atoms with E-state index in [2.05, 4.69) is 33.0 Å². The van der Waals surface area contributed by atoms with Crippen LogP contribution in [0.3, 0.4) is 0 Å². The third kappa shape index (κ3) is 7.00. The molecular weight excluding hydrogens is 254 g/mol. The Hall–Kier alpha value is -0.300. The van der Waals surface area contributed by atoms with Crippen molar-refractivity contribution < 1.29 is 0 Å². The summed E-state index contributed by atoms with van der Waals surface area (Å²) in [6.07, 6.45) is 13.6. The van der Waals surface area contributed by atoms with Crippen LogP contribution in [0.25, 0.3) is 0 Å². The molecule has 1 fully saturated rings. The third-order valence-electron chi connectivity index (χ3n) is 5.31. The van der Waals surface area contributed by atoms with Crippen LogP contribution in [0.15, 0.2) is 11.1 Å². The second-order valence-electron chi connectivity index (χ2n) is 7.06. The summed E-state index contributed by atoms with van der Waals surface area (Å²) in [5.41, 5.74) is 3.62. The van der Waals surface area contributed by atoms with E-state index in [1.807, 2.05) is 5.57 Å². The maximum atomic E-state index is 3.67. The maximum Gasteiger partial charge on any atom is -0.00204 e. The molecule has 1 aliphatic carbocycles. The van der Waals surface area contributed by atoms with Crippen molar-refractivity contribution in [2.75, 3.05) is 13.1 Å². The van der Waals surface area contributed by atoms with Crippen molar-refractivity contribution >= 4 is 0 Å². The van der Waals surface area contributed by atoms with E-state index < -0.39 is 0 Å². The summed E-state index contributed by atoms with van der Waals surface area (Å²) in [5.74, 6) is 1.77. The minimum Gasteiger partial charge on any atom is -0.316 e. The minimum atomic E-state index is 0.841. The van der Waals surface area contributed by atoms with Crippen molar-refractivity contribution in [3.05, 3.63) is 11.1 Å². The highest BCUT2D eigenvalue weighted by atomic mass is 14.9. The molecule has 0 aromatic rings. The first-order chi connectivity index (χ1) is 10.2. The average Bonchev–Trinajstić information content (AvgIpc) is 2.97. The molecule has 0 aromatic heterocycles. The predicted molar refractivity (Wildman–Crippen MR) is 95.7 cm³/mol. The Kier molecular flexibility index (Phi) is 10.1. The summed E-state index contributed by atoms with van der Waals surface area (Å²) in [5, 5.41) is 3.67. The summed E-state index contributed by atoms with van der Waals surface area (Å²) in [6.45, 7) is 11.8. The summed E-state index contributed by atoms with van der Waals surface area (Å²) in [4.78, 5) is 0. The van der Waals surface area contributed by atoms with Gasteiger partial charge in [0.15, 0.2) is 0 Å². The molecule has 0 radical (unpaired) electrons. The Bertz CT molecular complexity index is 292. The van der Waals surface area contributed by atoms with Crippen molar-refractivity contribution in [1.29, 1.82) is 0 Å². The van der Waals surface area contributed by atoms with Crippen molar-refractivity contribution in [2.45, 2.75) is 91.9 Å². The molecule has 1 aliphatic rings. The summed E-state index contributed by atoms with van der Waals surface area (Å²) in [7, 11) is 0. The molecule has 0 aliphatic heterocycles. The summed E-state index contributed by atoms with van der Waals surface area (Å²) in [6, 6.07) is 0. The lowest BCUT2D eigenvalue weighted by atomic mass is 9.91. The zero-order valence-electron chi connectivity index (χ0n) is 15.1. The SMILES string of the molecule is CCCCCNCC(C)C1CC/C(=C(/CC)CCCC)C1. The highest BCUT2D eigenvalue weighted by Crippen LogP contribution is 2.38. The number of rotatable bonds is 11. The van der Waals surface area contributed by atoms with E-state index >= 15 is 0 Å². The largest absolute Gasteiger partial charge is 0.316 e. The van der Waals surface area contributed by atoms with E-state index in [4.69, 9.17) is 0 Å². The molecule has 124 valence electrons. The fourth-order valence-corrected chi connectivity index (χ4v) is 3.68. The van der Waals surface area contributed by atoms with Gasteiger partial charge < -0.3 is 5.32 Å². The molecule has 1 N–H and O–H groups in total. The first-order valence-corrected chi connectivity index (χ1v) is 9.63. The van der Waals surface area contributed by atoms with Gasteiger partial charge >= 0.3 is 0 Å². The molecule has 1 rings (SSSR count). The van der Waals surface area contributed by atoms with E-state index in [1.165, 1.54) is 77.3 Å². The molecule has 0 amide bonds. The van der Waals surface area contributed by atoms with E-state index in [0.29, 0.717) is 0 Å². The average molecular weight is 294 g/mol. The van der Waals surface area contributed by atoms with E-state index in [1.54, 1.807) is 5.57 Å². The normalized spacial score (nSPS) is 22.6. The van der Waals surface area contributed by atoms with Crippen molar-refractivity contribution in [2.24, 2.45) is 11.8 Å². The standard InChI is InChI=1S/C20H39N/c1-5-8-10-14-21-16-17(4)19-12-13-20(15-19)18(7-3)11-9-6-2/h17,19,21H,5-16H2,1-4H3/b20-18+. The lowest BCUT2D eigenvalue weighted by molar-refractivity contribution is 0.351. The quantitative estimate of drug-likeness (QED) is 0.358. The number of allylic oxidation sites excluding steroid dienone is 2. The molecule has 1 heteroatoms. The monoisotopic (exact) mass is 293 g/mol. The Labute approximate surface area is 134 Å². The smallest absolute Gasteiger partial charge is 0.00204 e. The predicted octanol–water partition coefficient (Wildman–Crippen LogP) is 6.10. The Morgan fingerprint density at radius 1 is 1.14 bits per heavy atom. The van der Waals surface area contributed by atoms with Gasteiger partial charge in [0.05, 0.1) is 0 Å². The lowest BCUT2D eigenvalue weighted by Gasteiger charge is -2.19. The highest BCUT2D eigenvalue weighted by Gasteiger charge is 2.25. The van der Waals surface area contributed by atoms with Crippen LogP contribution in [0.1, 0.15) is 91.9 Å². The van der Waals surface area contributed by atoms with Gasteiger partial charge in [-0.25, -0.2) is 0 Å². The highest BCUT2D eigenvalue weighted by molar-refractivity contribution is 5.18. The van der Waals surface area contributed by atoms with E-state index in [0.717, 1.165) is 11.8 Å². The van der Waals surface area contributed by atoms with Crippen LogP contribution in [0.5, 0.6) is 0 Å². The zero-order chi connectivity index (χ0) is 15.5. The number of hydrogen-bond donors (Lipinski definition) is 1. The van der Waals surface area contributed by atoms with Gasteiger partial charge in [-0.1, -0.05) is 58.1 Å². The summed E-state index contributed by atoms with van der Waals surface area (Å²) < 4.78 is 0. The lowest BCUT2D eigenvalue weighted by Crippen LogP contribution is -2.26. The van der Waals surface area contributed by atoms with Gasteiger partial charge in [-0.2, -0.15) is 0 Å². The van der Waals surface area contributed by atoms with Crippen LogP contribution in [0, 0.1) is 11.8 Å². The van der Waals surface area contributed by atoms with Gasteiger partial charge in [-0.3, -0.25) is 0 Å². The molecule has 0 aromatic carbocycles. The summed E-state index contributed by atoms with van der Waals surface area (Å²) >= 11 is 0. The Morgan fingerprint density at radius 3 is 2.57 bits per heavy atom. The van der Waals surface area contributed by atoms with Gasteiger partial charge in [-0.15, -0.1) is 0 Å². The van der Waals surface area contributed by atoms with Gasteiger partial charge in [0.2, 0.25) is 0 Å². The maximum absolute atomic E-state index is 3.67. The minimum absolute atomic E-state index is 0.841. The van der Waals surface area contributed by atoms with E-state index in [-0.39, 0.29) is 0 Å². The molecule has 0 spiro atoms. The van der Waals surface area contributed by atoms with Crippen LogP contribution < -0.4 is 5.32 Å². The number of hydrogen-bond acceptors (Lipinski definition) is 1. The van der Waals surface area contributed by atoms with Gasteiger partial charge in [0.1, 0.15) is 0 Å². The Morgan fingerprint density at radius 2 is 1.90 bits per heavy atom. The molecule has 1 nitrogen and oxygen atoms in total. The van der Waals surface area contributed by atoms with Crippen LogP contribution in [0.2, 0.25) is 0 Å². The molecule has 21 heavy (non-hydrogen) atoms. The van der Waals surface area contributed by atoms with Crippen LogP contribution >= 0.6 is 0 Å². The third-order valence-corrected chi connectivity index (χ3v) is 5.31. The first kappa shape index (κ1) is 18.7. The van der Waals surface area contributed by atoms with Gasteiger partial charge in [0.25, 0.3) is 0 Å². The topological polar surface area (TPSA) is 12.0 Å². The van der Waals surface area contributed by atoms with Crippen LogP contribution in [-0.4, -0.2) is 13.1 Å². The van der Waals surface area contributed by atoms with Crippen molar-refractivity contribution in [3.63, 3.8) is 0 Å². The zero-order valence-corrected chi connectivity index (χ0v) is 15.1. The van der Waals surface area contributed by atoms with E-state index in [9.17, 15) is 0 Å². The van der Waals surface area contributed by atoms with Crippen molar-refractivity contribution in [1.82, 2.24) is 5.32 Å². The molecule has 0 bridgehead atoms. The van der Waals surface area contributed by atoms with Crippen molar-refractivity contribution in [3.8, 4) is 0 Å². The molecular formula is C20H39N. The molecule has 2 unspecified atom stereocenters. The molecule has 0 saturated heterocycles. The number of nitrogens with one attached hydrogen (secondary N) is 1. The fraction of sp³-hybridized carbons (Fsp3) is 0.900. The Balaban J connectivity index is 2.33. The molecule has 2 atom stereocenters. The van der Waals surface area contributed by atoms with Crippen LogP contribution in [0.4, 0.5) is 0 Å². The van der Waals surface area contributed by atoms with Crippen LogP contribution in [-0.2, 0) is 0 Å². The molecule has 1 saturated carbocycles. The second-order valence-corrected chi connectivity index (χ2v) is 7.06. The van der Waals surface area contributed by atoms with Gasteiger partial charge in [0, 0.05) is 0 Å².